The molecule has 0 bridgehead atoms. The summed E-state index contributed by atoms with van der Waals surface area (Å²) < 4.78 is 0. The maximum atomic E-state index is 11.9. The maximum absolute atomic E-state index is 11.9. The Morgan fingerprint density at radius 3 is 2.65 bits per heavy atom. The third-order valence-corrected chi connectivity index (χ3v) is 3.09. The summed E-state index contributed by atoms with van der Waals surface area (Å²) in [5.41, 5.74) is -0.561. The Hall–Kier alpha value is -1.67. The number of hydrogen-bond acceptors (Lipinski definition) is 4. The van der Waals surface area contributed by atoms with Gasteiger partial charge in [-0.05, 0) is 37.8 Å². The van der Waals surface area contributed by atoms with Crippen molar-refractivity contribution < 1.29 is 4.79 Å². The molecule has 1 aromatic heterocycles. The van der Waals surface area contributed by atoms with E-state index in [0.717, 1.165) is 12.8 Å². The lowest BCUT2D eigenvalue weighted by molar-refractivity contribution is 0.0914. The molecule has 1 aliphatic rings. The lowest BCUT2D eigenvalue weighted by atomic mass is 10.00. The van der Waals surface area contributed by atoms with Gasteiger partial charge in [0, 0.05) is 0 Å². The summed E-state index contributed by atoms with van der Waals surface area (Å²) in [6.45, 7) is 0. The molecule has 1 aliphatic carbocycles. The maximum Gasteiger partial charge on any atom is 0.273 e. The van der Waals surface area contributed by atoms with Crippen LogP contribution in [-0.4, -0.2) is 21.6 Å². The molecule has 0 atom stereocenters. The number of rotatable bonds is 2. The number of amides is 1. The highest BCUT2D eigenvalue weighted by molar-refractivity contribution is 6.29. The van der Waals surface area contributed by atoms with Crippen molar-refractivity contribution in [2.45, 2.75) is 31.2 Å². The first-order valence-corrected chi connectivity index (χ1v) is 5.76. The van der Waals surface area contributed by atoms with Crippen LogP contribution < -0.4 is 5.32 Å². The summed E-state index contributed by atoms with van der Waals surface area (Å²) in [5.74, 6) is -0.377. The fourth-order valence-corrected chi connectivity index (χ4v) is 2.06. The van der Waals surface area contributed by atoms with Crippen LogP contribution in [0.3, 0.4) is 0 Å². The lowest BCUT2D eigenvalue weighted by Gasteiger charge is -2.21. The van der Waals surface area contributed by atoms with Gasteiger partial charge in [0.1, 0.15) is 5.54 Å². The molecule has 17 heavy (non-hydrogen) atoms. The second kappa shape index (κ2) is 4.68. The molecule has 1 fully saturated rings. The van der Waals surface area contributed by atoms with Gasteiger partial charge in [-0.2, -0.15) is 5.26 Å². The zero-order valence-electron chi connectivity index (χ0n) is 9.11. The SMILES string of the molecule is N#CC1(NC(=O)c2ccc(Cl)nn2)CCCC1. The lowest BCUT2D eigenvalue weighted by Crippen LogP contribution is -2.45. The Balaban J connectivity index is 2.11. The first-order chi connectivity index (χ1) is 8.15. The van der Waals surface area contributed by atoms with Gasteiger partial charge in [-0.1, -0.05) is 11.6 Å². The zero-order valence-corrected chi connectivity index (χ0v) is 9.87. The number of carbonyl (C=O) groups is 1. The van der Waals surface area contributed by atoms with E-state index in [2.05, 4.69) is 21.6 Å². The Labute approximate surface area is 104 Å². The van der Waals surface area contributed by atoms with Gasteiger partial charge in [-0.15, -0.1) is 10.2 Å². The van der Waals surface area contributed by atoms with Gasteiger partial charge in [0.25, 0.3) is 5.91 Å². The topological polar surface area (TPSA) is 78.7 Å². The van der Waals surface area contributed by atoms with Crippen molar-refractivity contribution in [1.29, 1.82) is 5.26 Å². The largest absolute Gasteiger partial charge is 0.332 e. The molecule has 0 radical (unpaired) electrons. The summed E-state index contributed by atoms with van der Waals surface area (Å²) >= 11 is 5.58. The molecular formula is C11H11ClN4O. The molecule has 1 saturated carbocycles. The van der Waals surface area contributed by atoms with Crippen LogP contribution in [0.4, 0.5) is 0 Å². The highest BCUT2D eigenvalue weighted by Gasteiger charge is 2.35. The molecule has 0 aliphatic heterocycles. The standard InChI is InChI=1S/C11H11ClN4O/c12-9-4-3-8(15-16-9)10(17)14-11(7-13)5-1-2-6-11/h3-4H,1-2,5-6H2,(H,14,17). The summed E-state index contributed by atoms with van der Waals surface area (Å²) in [6.07, 6.45) is 3.30. The van der Waals surface area contributed by atoms with E-state index >= 15 is 0 Å². The summed E-state index contributed by atoms with van der Waals surface area (Å²) in [7, 11) is 0. The number of carbonyl (C=O) groups excluding carboxylic acids is 1. The predicted octanol–water partition coefficient (Wildman–Crippen LogP) is 1.70. The predicted molar refractivity (Wildman–Crippen MR) is 61.3 cm³/mol. The Kier molecular flexibility index (Phi) is 3.25. The normalized spacial score (nSPS) is 17.4. The zero-order chi connectivity index (χ0) is 12.3. The molecule has 6 heteroatoms. The van der Waals surface area contributed by atoms with Crippen molar-refractivity contribution >= 4 is 17.5 Å². The summed E-state index contributed by atoms with van der Waals surface area (Å²) in [5, 5.41) is 19.4. The Morgan fingerprint density at radius 1 is 1.41 bits per heavy atom. The molecule has 2 rings (SSSR count). The molecule has 88 valence electrons. The van der Waals surface area contributed by atoms with Gasteiger partial charge < -0.3 is 5.32 Å². The first-order valence-electron chi connectivity index (χ1n) is 5.38. The minimum absolute atomic E-state index is 0.177. The fourth-order valence-electron chi connectivity index (χ4n) is 1.96. The van der Waals surface area contributed by atoms with Crippen LogP contribution >= 0.6 is 11.6 Å². The molecular weight excluding hydrogens is 240 g/mol. The Bertz CT molecular complexity index is 459. The highest BCUT2D eigenvalue weighted by Crippen LogP contribution is 2.29. The van der Waals surface area contributed by atoms with E-state index in [9.17, 15) is 4.79 Å². The van der Waals surface area contributed by atoms with Gasteiger partial charge in [0.15, 0.2) is 10.8 Å². The van der Waals surface area contributed by atoms with Crippen LogP contribution in [0.1, 0.15) is 36.2 Å². The van der Waals surface area contributed by atoms with Crippen LogP contribution in [0, 0.1) is 11.3 Å². The average Bonchev–Trinajstić information content (AvgIpc) is 2.79. The fraction of sp³-hybridized carbons (Fsp3) is 0.455. The second-order valence-corrected chi connectivity index (χ2v) is 4.48. The third kappa shape index (κ3) is 2.53. The van der Waals surface area contributed by atoms with Gasteiger partial charge in [0.2, 0.25) is 0 Å². The van der Waals surface area contributed by atoms with E-state index < -0.39 is 5.54 Å². The number of nitrogens with one attached hydrogen (secondary N) is 1. The van der Waals surface area contributed by atoms with Crippen LogP contribution in [0.15, 0.2) is 12.1 Å². The van der Waals surface area contributed by atoms with Gasteiger partial charge >= 0.3 is 0 Å². The molecule has 0 aromatic carbocycles. The smallest absolute Gasteiger partial charge is 0.273 e. The van der Waals surface area contributed by atoms with Crippen molar-refractivity contribution in [1.82, 2.24) is 15.5 Å². The van der Waals surface area contributed by atoms with E-state index in [-0.39, 0.29) is 16.8 Å². The molecule has 5 nitrogen and oxygen atoms in total. The molecule has 0 saturated heterocycles. The van der Waals surface area contributed by atoms with Crippen LogP contribution in [0.25, 0.3) is 0 Å². The number of nitriles is 1. The van der Waals surface area contributed by atoms with E-state index in [4.69, 9.17) is 16.9 Å². The average molecular weight is 251 g/mol. The van der Waals surface area contributed by atoms with E-state index in [1.807, 2.05) is 0 Å². The summed E-state index contributed by atoms with van der Waals surface area (Å²) in [4.78, 5) is 11.9. The monoisotopic (exact) mass is 250 g/mol. The Morgan fingerprint density at radius 2 is 2.12 bits per heavy atom. The molecule has 1 heterocycles. The van der Waals surface area contributed by atoms with Crippen molar-refractivity contribution in [3.8, 4) is 6.07 Å². The van der Waals surface area contributed by atoms with E-state index in [1.165, 1.54) is 12.1 Å². The molecule has 0 spiro atoms. The number of nitrogens with zero attached hydrogens (tertiary/aromatic N) is 3. The van der Waals surface area contributed by atoms with Gasteiger partial charge in [0.05, 0.1) is 6.07 Å². The van der Waals surface area contributed by atoms with Gasteiger partial charge in [-0.3, -0.25) is 4.79 Å². The minimum Gasteiger partial charge on any atom is -0.332 e. The number of aromatic nitrogens is 2. The second-order valence-electron chi connectivity index (χ2n) is 4.10. The molecule has 1 amide bonds. The highest BCUT2D eigenvalue weighted by atomic mass is 35.5. The van der Waals surface area contributed by atoms with E-state index in [1.54, 1.807) is 0 Å². The molecule has 0 unspecified atom stereocenters. The third-order valence-electron chi connectivity index (χ3n) is 2.89. The van der Waals surface area contributed by atoms with Crippen molar-refractivity contribution in [3.63, 3.8) is 0 Å². The van der Waals surface area contributed by atoms with E-state index in [0.29, 0.717) is 12.8 Å². The first kappa shape index (κ1) is 11.8. The molecule has 1 aromatic rings. The molecule has 1 N–H and O–H groups in total. The number of halogens is 1. The van der Waals surface area contributed by atoms with Crippen molar-refractivity contribution in [3.05, 3.63) is 23.0 Å². The quantitative estimate of drug-likeness (QED) is 0.866. The van der Waals surface area contributed by atoms with Crippen LogP contribution in [-0.2, 0) is 0 Å². The number of hydrogen-bond donors (Lipinski definition) is 1. The minimum atomic E-state index is -0.738. The summed E-state index contributed by atoms with van der Waals surface area (Å²) in [6, 6.07) is 5.17. The van der Waals surface area contributed by atoms with Crippen LogP contribution in [0.2, 0.25) is 5.15 Å². The van der Waals surface area contributed by atoms with Crippen molar-refractivity contribution in [2.24, 2.45) is 0 Å². The van der Waals surface area contributed by atoms with Crippen molar-refractivity contribution in [2.75, 3.05) is 0 Å². The van der Waals surface area contributed by atoms with Crippen LogP contribution in [0.5, 0.6) is 0 Å². The van der Waals surface area contributed by atoms with Gasteiger partial charge in [-0.25, -0.2) is 0 Å².